The van der Waals surface area contributed by atoms with Crippen molar-refractivity contribution in [2.45, 2.75) is 13.8 Å². The van der Waals surface area contributed by atoms with Crippen molar-refractivity contribution in [1.29, 1.82) is 0 Å². The summed E-state index contributed by atoms with van der Waals surface area (Å²) in [6, 6.07) is 12.2. The maximum atomic E-state index is 4.68. The summed E-state index contributed by atoms with van der Waals surface area (Å²) in [4.78, 5) is 8.97. The van der Waals surface area contributed by atoms with E-state index in [1.165, 1.54) is 0 Å². The third-order valence-corrected chi connectivity index (χ3v) is 3.74. The van der Waals surface area contributed by atoms with E-state index < -0.39 is 0 Å². The highest BCUT2D eigenvalue weighted by Gasteiger charge is 2.13. The fourth-order valence-corrected chi connectivity index (χ4v) is 2.68. The van der Waals surface area contributed by atoms with E-state index in [4.69, 9.17) is 0 Å². The third kappa shape index (κ3) is 1.90. The summed E-state index contributed by atoms with van der Waals surface area (Å²) in [6.45, 7) is 3.97. The van der Waals surface area contributed by atoms with Crippen LogP contribution < -0.4 is 0 Å². The van der Waals surface area contributed by atoms with Gasteiger partial charge in [0.1, 0.15) is 11.6 Å². The molecule has 5 heteroatoms. The van der Waals surface area contributed by atoms with E-state index in [0.29, 0.717) is 0 Å². The monoisotopic (exact) mass is 289 g/mol. The molecule has 0 radical (unpaired) electrons. The van der Waals surface area contributed by atoms with E-state index in [1.54, 1.807) is 6.20 Å². The third-order valence-electron chi connectivity index (χ3n) is 3.74. The summed E-state index contributed by atoms with van der Waals surface area (Å²) >= 11 is 0. The van der Waals surface area contributed by atoms with Crippen LogP contribution in [0.25, 0.3) is 22.6 Å². The maximum absolute atomic E-state index is 4.68. The predicted molar refractivity (Wildman–Crippen MR) is 85.0 cm³/mol. The highest BCUT2D eigenvalue weighted by Crippen LogP contribution is 2.25. The molecule has 0 saturated heterocycles. The molecular weight excluding hydrogens is 274 g/mol. The molecule has 0 aliphatic carbocycles. The maximum Gasteiger partial charge on any atom is 0.165 e. The minimum atomic E-state index is 0.856. The van der Waals surface area contributed by atoms with E-state index in [2.05, 4.69) is 27.2 Å². The van der Waals surface area contributed by atoms with Crippen LogP contribution in [-0.4, -0.2) is 24.1 Å². The molecule has 0 bridgehead atoms. The lowest BCUT2D eigenvalue weighted by Crippen LogP contribution is -2.06. The van der Waals surface area contributed by atoms with Crippen LogP contribution in [0.3, 0.4) is 0 Å². The first-order valence-corrected chi connectivity index (χ1v) is 7.15. The summed E-state index contributed by atoms with van der Waals surface area (Å²) in [7, 11) is 0. The number of benzene rings is 1. The van der Waals surface area contributed by atoms with Crippen molar-refractivity contribution in [1.82, 2.24) is 24.1 Å². The lowest BCUT2D eigenvalue weighted by molar-refractivity contribution is 0.827. The molecule has 0 N–H and O–H groups in total. The molecule has 0 aliphatic rings. The van der Waals surface area contributed by atoms with E-state index in [9.17, 15) is 0 Å². The van der Waals surface area contributed by atoms with E-state index in [-0.39, 0.29) is 0 Å². The van der Waals surface area contributed by atoms with Gasteiger partial charge in [0.05, 0.1) is 6.20 Å². The Bertz CT molecular complexity index is 950. The van der Waals surface area contributed by atoms with Crippen molar-refractivity contribution in [2.75, 3.05) is 0 Å². The van der Waals surface area contributed by atoms with Crippen molar-refractivity contribution in [3.63, 3.8) is 0 Å². The summed E-state index contributed by atoms with van der Waals surface area (Å²) in [5.74, 6) is 1.86. The zero-order valence-corrected chi connectivity index (χ0v) is 12.4. The Balaban J connectivity index is 2.02. The van der Waals surface area contributed by atoms with Gasteiger partial charge in [0.25, 0.3) is 0 Å². The number of nitrogens with zero attached hydrogens (tertiary/aromatic N) is 5. The average molecular weight is 289 g/mol. The summed E-state index contributed by atoms with van der Waals surface area (Å²) in [5.41, 5.74) is 3.95. The number of fused-ring (bicyclic) bond motifs is 1. The minimum absolute atomic E-state index is 0.856. The standard InChI is InChI=1S/C17H15N5/c1-12-10-16(21-9-8-18-13(21)2)22-17(20-12)15(11-19-22)14-6-4-3-5-7-14/h3-11H,1-2H3. The summed E-state index contributed by atoms with van der Waals surface area (Å²) in [5, 5.41) is 4.54. The van der Waals surface area contributed by atoms with Crippen LogP contribution in [0.4, 0.5) is 0 Å². The molecule has 0 aliphatic heterocycles. The Labute approximate surface area is 127 Å². The lowest BCUT2D eigenvalue weighted by Gasteiger charge is -2.09. The Kier molecular flexibility index (Phi) is 2.79. The van der Waals surface area contributed by atoms with Gasteiger partial charge in [-0.2, -0.15) is 9.61 Å². The van der Waals surface area contributed by atoms with Crippen LogP contribution in [-0.2, 0) is 0 Å². The molecule has 3 aromatic heterocycles. The molecule has 1 aromatic carbocycles. The number of hydrogen-bond acceptors (Lipinski definition) is 3. The first kappa shape index (κ1) is 12.8. The molecule has 4 rings (SSSR count). The molecule has 3 heterocycles. The Morgan fingerprint density at radius 3 is 2.59 bits per heavy atom. The van der Waals surface area contributed by atoms with Crippen LogP contribution in [0, 0.1) is 13.8 Å². The molecule has 0 spiro atoms. The Morgan fingerprint density at radius 1 is 1.05 bits per heavy atom. The van der Waals surface area contributed by atoms with Crippen LogP contribution in [0.15, 0.2) is 55.0 Å². The highest BCUT2D eigenvalue weighted by atomic mass is 15.3. The smallest absolute Gasteiger partial charge is 0.165 e. The molecule has 0 amide bonds. The number of aromatic nitrogens is 5. The van der Waals surface area contributed by atoms with Gasteiger partial charge in [-0.3, -0.25) is 4.57 Å². The van der Waals surface area contributed by atoms with Gasteiger partial charge in [-0.05, 0) is 19.4 Å². The van der Waals surface area contributed by atoms with Crippen LogP contribution in [0.1, 0.15) is 11.5 Å². The predicted octanol–water partition coefficient (Wildman–Crippen LogP) is 3.20. The molecule has 5 nitrogen and oxygen atoms in total. The Morgan fingerprint density at radius 2 is 1.86 bits per heavy atom. The molecule has 0 fully saturated rings. The second-order valence-corrected chi connectivity index (χ2v) is 5.26. The molecule has 0 atom stereocenters. The van der Waals surface area contributed by atoms with Crippen molar-refractivity contribution >= 4 is 5.65 Å². The van der Waals surface area contributed by atoms with E-state index in [0.717, 1.165) is 34.1 Å². The van der Waals surface area contributed by atoms with Gasteiger partial charge in [-0.25, -0.2) is 9.97 Å². The first-order valence-electron chi connectivity index (χ1n) is 7.15. The van der Waals surface area contributed by atoms with Crippen LogP contribution in [0.2, 0.25) is 0 Å². The lowest BCUT2D eigenvalue weighted by atomic mass is 10.1. The molecule has 0 unspecified atom stereocenters. The minimum Gasteiger partial charge on any atom is -0.288 e. The first-order chi connectivity index (χ1) is 10.7. The van der Waals surface area contributed by atoms with Crippen molar-refractivity contribution < 1.29 is 0 Å². The van der Waals surface area contributed by atoms with Crippen LogP contribution >= 0.6 is 0 Å². The zero-order valence-electron chi connectivity index (χ0n) is 12.4. The topological polar surface area (TPSA) is 48.0 Å². The van der Waals surface area contributed by atoms with Gasteiger partial charge in [-0.15, -0.1) is 0 Å². The fraction of sp³-hybridized carbons (Fsp3) is 0.118. The van der Waals surface area contributed by atoms with Gasteiger partial charge < -0.3 is 0 Å². The van der Waals surface area contributed by atoms with Crippen molar-refractivity contribution in [3.8, 4) is 16.9 Å². The summed E-state index contributed by atoms with van der Waals surface area (Å²) < 4.78 is 3.88. The average Bonchev–Trinajstić information content (AvgIpc) is 3.13. The largest absolute Gasteiger partial charge is 0.288 e. The number of imidazole rings is 1. The van der Waals surface area contributed by atoms with Gasteiger partial charge in [-0.1, -0.05) is 30.3 Å². The van der Waals surface area contributed by atoms with Gasteiger partial charge in [0.15, 0.2) is 5.65 Å². The molecule has 0 saturated carbocycles. The SMILES string of the molecule is Cc1cc(-n2ccnc2C)n2ncc(-c3ccccc3)c2n1. The van der Waals surface area contributed by atoms with E-state index >= 15 is 0 Å². The summed E-state index contributed by atoms with van der Waals surface area (Å²) in [6.07, 6.45) is 5.60. The highest BCUT2D eigenvalue weighted by molar-refractivity contribution is 5.77. The van der Waals surface area contributed by atoms with Crippen LogP contribution in [0.5, 0.6) is 0 Å². The van der Waals surface area contributed by atoms with Gasteiger partial charge in [0, 0.05) is 29.7 Å². The quantitative estimate of drug-likeness (QED) is 0.569. The zero-order chi connectivity index (χ0) is 15.1. The van der Waals surface area contributed by atoms with Crippen molar-refractivity contribution in [2.24, 2.45) is 0 Å². The normalized spacial score (nSPS) is 11.2. The molecule has 4 aromatic rings. The second-order valence-electron chi connectivity index (χ2n) is 5.26. The number of hydrogen-bond donors (Lipinski definition) is 0. The Hall–Kier alpha value is -2.95. The fourth-order valence-electron chi connectivity index (χ4n) is 2.68. The molecule has 22 heavy (non-hydrogen) atoms. The molecule has 108 valence electrons. The van der Waals surface area contributed by atoms with E-state index in [1.807, 2.05) is 59.6 Å². The van der Waals surface area contributed by atoms with Gasteiger partial charge >= 0.3 is 0 Å². The van der Waals surface area contributed by atoms with Gasteiger partial charge in [0.2, 0.25) is 0 Å². The number of rotatable bonds is 2. The van der Waals surface area contributed by atoms with Crippen molar-refractivity contribution in [3.05, 3.63) is 66.5 Å². The molecular formula is C17H15N5. The second kappa shape index (κ2) is 4.80. The number of aryl methyl sites for hydroxylation is 2.